The van der Waals surface area contributed by atoms with Crippen LogP contribution in [0.3, 0.4) is 0 Å². The molecule has 0 aromatic heterocycles. The largest absolute Gasteiger partial charge is 0.462 e. The molecular formula is C26H36O10. The monoisotopic (exact) mass is 508 g/mol. The highest BCUT2D eigenvalue weighted by molar-refractivity contribution is 5.68. The van der Waals surface area contributed by atoms with Crippen molar-refractivity contribution in [1.82, 2.24) is 0 Å². The van der Waals surface area contributed by atoms with Gasteiger partial charge in [0.05, 0.1) is 29.5 Å². The van der Waals surface area contributed by atoms with Crippen molar-refractivity contribution in [3.63, 3.8) is 0 Å². The van der Waals surface area contributed by atoms with Crippen LogP contribution in [0.15, 0.2) is 24.0 Å². The molecule has 2 saturated heterocycles. The minimum absolute atomic E-state index is 0.197. The van der Waals surface area contributed by atoms with Gasteiger partial charge in [0.2, 0.25) is 6.29 Å². The van der Waals surface area contributed by atoms with Crippen molar-refractivity contribution >= 4 is 17.9 Å². The Hall–Kier alpha value is -2.43. The van der Waals surface area contributed by atoms with Gasteiger partial charge in [0.15, 0.2) is 12.2 Å². The summed E-state index contributed by atoms with van der Waals surface area (Å²) in [6.45, 7) is 13.6. The van der Waals surface area contributed by atoms with Crippen LogP contribution in [0.5, 0.6) is 0 Å². The number of carbonyl (C=O) groups excluding carboxylic acids is 3. The molecule has 9 atom stereocenters. The minimum Gasteiger partial charge on any atom is -0.462 e. The second-order valence-corrected chi connectivity index (χ2v) is 11.0. The summed E-state index contributed by atoms with van der Waals surface area (Å²) in [5, 5.41) is 11.1. The first-order chi connectivity index (χ1) is 16.7. The summed E-state index contributed by atoms with van der Waals surface area (Å²) < 4.78 is 34.4. The topological polar surface area (TPSA) is 133 Å². The van der Waals surface area contributed by atoms with E-state index in [-0.39, 0.29) is 12.2 Å². The molecule has 0 amide bonds. The molecule has 3 fully saturated rings. The van der Waals surface area contributed by atoms with Crippen molar-refractivity contribution in [3.05, 3.63) is 24.0 Å². The quantitative estimate of drug-likeness (QED) is 0.247. The molecule has 0 spiro atoms. The Morgan fingerprint density at radius 2 is 1.75 bits per heavy atom. The van der Waals surface area contributed by atoms with Crippen LogP contribution in [0.4, 0.5) is 0 Å². The van der Waals surface area contributed by atoms with Crippen LogP contribution in [-0.2, 0) is 42.8 Å². The normalized spacial score (nSPS) is 38.2. The van der Waals surface area contributed by atoms with Gasteiger partial charge in [0.1, 0.15) is 12.2 Å². The van der Waals surface area contributed by atoms with E-state index in [4.69, 9.17) is 28.4 Å². The first-order valence-electron chi connectivity index (χ1n) is 12.3. The predicted octanol–water partition coefficient (Wildman–Crippen LogP) is 2.32. The van der Waals surface area contributed by atoms with Crippen molar-refractivity contribution in [1.29, 1.82) is 0 Å². The molecule has 4 aliphatic rings. The minimum atomic E-state index is -1.09. The Balaban J connectivity index is 1.76. The molecule has 4 rings (SSSR count). The van der Waals surface area contributed by atoms with E-state index in [1.165, 1.54) is 27.0 Å². The highest BCUT2D eigenvalue weighted by Gasteiger charge is 2.60. The van der Waals surface area contributed by atoms with Crippen LogP contribution < -0.4 is 0 Å². The standard InChI is InChI=1S/C26H36O10/c1-12-10-18-22(35-18)26(7,30)9-8-16-17(11-31-24(19(12)16)34-15(4)29)20(32-13(2)27)21(33-14(3)28)23-25(5,6)36-23/h11,16,18-24,30H,1,8-10H2,2-7H3. The molecule has 9 unspecified atom stereocenters. The number of hydrogen-bond donors (Lipinski definition) is 1. The van der Waals surface area contributed by atoms with Gasteiger partial charge in [-0.15, -0.1) is 0 Å². The maximum absolute atomic E-state index is 12.2. The molecule has 1 N–H and O–H groups in total. The number of hydrogen-bond acceptors (Lipinski definition) is 10. The summed E-state index contributed by atoms with van der Waals surface area (Å²) in [7, 11) is 0. The summed E-state index contributed by atoms with van der Waals surface area (Å²) in [6, 6.07) is 0. The van der Waals surface area contributed by atoms with Gasteiger partial charge in [-0.2, -0.15) is 0 Å². The zero-order valence-corrected chi connectivity index (χ0v) is 21.6. The maximum atomic E-state index is 12.2. The molecule has 0 bridgehead atoms. The average molecular weight is 509 g/mol. The number of esters is 3. The average Bonchev–Trinajstić information content (AvgIpc) is 3.64. The van der Waals surface area contributed by atoms with E-state index in [1.807, 2.05) is 13.8 Å². The van der Waals surface area contributed by atoms with Crippen LogP contribution in [0.1, 0.15) is 60.8 Å². The molecule has 10 nitrogen and oxygen atoms in total. The van der Waals surface area contributed by atoms with Crippen LogP contribution in [0.25, 0.3) is 0 Å². The van der Waals surface area contributed by atoms with E-state index in [0.29, 0.717) is 24.8 Å². The molecule has 3 heterocycles. The molecule has 3 aliphatic heterocycles. The summed E-state index contributed by atoms with van der Waals surface area (Å²) in [5.41, 5.74) is -0.396. The van der Waals surface area contributed by atoms with Crippen molar-refractivity contribution in [2.75, 3.05) is 0 Å². The highest BCUT2D eigenvalue weighted by Crippen LogP contribution is 2.50. The number of aliphatic hydroxyl groups is 1. The summed E-state index contributed by atoms with van der Waals surface area (Å²) >= 11 is 0. The summed E-state index contributed by atoms with van der Waals surface area (Å²) in [5.74, 6) is -2.54. The summed E-state index contributed by atoms with van der Waals surface area (Å²) in [6.07, 6.45) is -1.28. The zero-order chi connectivity index (χ0) is 26.6. The number of ether oxygens (including phenoxy) is 6. The van der Waals surface area contributed by atoms with Crippen molar-refractivity contribution in [3.8, 4) is 0 Å². The third-order valence-electron chi connectivity index (χ3n) is 7.45. The van der Waals surface area contributed by atoms with Crippen LogP contribution in [0.2, 0.25) is 0 Å². The van der Waals surface area contributed by atoms with E-state index in [9.17, 15) is 19.5 Å². The van der Waals surface area contributed by atoms with Gasteiger partial charge in [-0.1, -0.05) is 12.2 Å². The number of epoxide rings is 2. The molecular weight excluding hydrogens is 472 g/mol. The van der Waals surface area contributed by atoms with Crippen molar-refractivity contribution in [2.45, 2.75) is 109 Å². The Morgan fingerprint density at radius 3 is 2.31 bits per heavy atom. The fraction of sp³-hybridized carbons (Fsp3) is 0.731. The van der Waals surface area contributed by atoms with Crippen LogP contribution in [0, 0.1) is 11.8 Å². The Kier molecular flexibility index (Phi) is 7.00. The molecule has 1 aliphatic carbocycles. The lowest BCUT2D eigenvalue weighted by molar-refractivity contribution is -0.184. The van der Waals surface area contributed by atoms with E-state index >= 15 is 0 Å². The second-order valence-electron chi connectivity index (χ2n) is 11.0. The first kappa shape index (κ1) is 26.6. The SMILES string of the molecule is C=C1CC2OC2C(C)(O)CCC2C(C(OC(C)=O)C(OC(C)=O)C3OC3(C)C)=COC(OC(C)=O)C12. The van der Waals surface area contributed by atoms with Gasteiger partial charge in [0.25, 0.3) is 0 Å². The number of fused-ring (bicyclic) bond motifs is 2. The predicted molar refractivity (Wildman–Crippen MR) is 124 cm³/mol. The van der Waals surface area contributed by atoms with Gasteiger partial charge >= 0.3 is 17.9 Å². The Labute approximate surface area is 210 Å². The lowest BCUT2D eigenvalue weighted by atomic mass is 9.73. The molecule has 1 saturated carbocycles. The third kappa shape index (κ3) is 5.45. The second kappa shape index (κ2) is 9.46. The first-order valence-corrected chi connectivity index (χ1v) is 12.3. The Morgan fingerprint density at radius 1 is 1.11 bits per heavy atom. The van der Waals surface area contributed by atoms with E-state index in [2.05, 4.69) is 6.58 Å². The molecule has 0 radical (unpaired) electrons. The number of rotatable bonds is 6. The van der Waals surface area contributed by atoms with E-state index in [1.54, 1.807) is 6.92 Å². The lowest BCUT2D eigenvalue weighted by Gasteiger charge is -2.42. The third-order valence-corrected chi connectivity index (χ3v) is 7.45. The van der Waals surface area contributed by atoms with Gasteiger partial charge in [-0.05, 0) is 40.0 Å². The fourth-order valence-electron chi connectivity index (χ4n) is 5.64. The fourth-order valence-corrected chi connectivity index (χ4v) is 5.64. The van der Waals surface area contributed by atoms with Gasteiger partial charge < -0.3 is 33.5 Å². The van der Waals surface area contributed by atoms with Crippen LogP contribution in [-0.4, -0.2) is 71.0 Å². The van der Waals surface area contributed by atoms with E-state index in [0.717, 1.165) is 5.57 Å². The highest BCUT2D eigenvalue weighted by atomic mass is 16.7. The Bertz CT molecular complexity index is 966. The molecule has 36 heavy (non-hydrogen) atoms. The van der Waals surface area contributed by atoms with Gasteiger partial charge in [-0.3, -0.25) is 14.4 Å². The van der Waals surface area contributed by atoms with Crippen LogP contribution >= 0.6 is 0 Å². The molecule has 0 aromatic rings. The lowest BCUT2D eigenvalue weighted by Crippen LogP contribution is -2.47. The van der Waals surface area contributed by atoms with Gasteiger partial charge in [-0.25, -0.2) is 0 Å². The zero-order valence-electron chi connectivity index (χ0n) is 21.6. The van der Waals surface area contributed by atoms with E-state index < -0.39 is 65.5 Å². The van der Waals surface area contributed by atoms with Crippen molar-refractivity contribution in [2.24, 2.45) is 11.8 Å². The van der Waals surface area contributed by atoms with Gasteiger partial charge in [0, 0.05) is 32.3 Å². The maximum Gasteiger partial charge on any atom is 0.305 e. The molecule has 0 aromatic carbocycles. The molecule has 200 valence electrons. The smallest absolute Gasteiger partial charge is 0.305 e. The van der Waals surface area contributed by atoms with Crippen molar-refractivity contribution < 1.29 is 47.9 Å². The molecule has 10 heteroatoms. The number of carbonyl (C=O) groups is 3. The summed E-state index contributed by atoms with van der Waals surface area (Å²) in [4.78, 5) is 36.2.